The third kappa shape index (κ3) is 5.02. The maximum absolute atomic E-state index is 12.6. The fraction of sp³-hybridized carbons (Fsp3) is 0.240. The third-order valence-corrected chi connectivity index (χ3v) is 7.45. The van der Waals surface area contributed by atoms with Gasteiger partial charge in [0.05, 0.1) is 17.0 Å². The van der Waals surface area contributed by atoms with Gasteiger partial charge >= 0.3 is 0 Å². The van der Waals surface area contributed by atoms with E-state index in [9.17, 15) is 13.2 Å². The van der Waals surface area contributed by atoms with E-state index < -0.39 is 10.0 Å². The Balaban J connectivity index is 1.47. The van der Waals surface area contributed by atoms with E-state index in [1.54, 1.807) is 12.1 Å². The molecule has 34 heavy (non-hydrogen) atoms. The smallest absolute Gasteiger partial charge is 0.232 e. The van der Waals surface area contributed by atoms with Crippen molar-refractivity contribution >= 4 is 72.3 Å². The molecule has 4 rings (SSSR count). The highest BCUT2D eigenvalue weighted by Gasteiger charge is 2.20. The zero-order valence-corrected chi connectivity index (χ0v) is 21.2. The van der Waals surface area contributed by atoms with E-state index in [1.165, 1.54) is 10.4 Å². The molecule has 0 aliphatic carbocycles. The van der Waals surface area contributed by atoms with Crippen LogP contribution in [0.1, 0.15) is 19.8 Å². The van der Waals surface area contributed by atoms with E-state index in [1.807, 2.05) is 30.3 Å². The van der Waals surface area contributed by atoms with E-state index in [-0.39, 0.29) is 23.9 Å². The number of aromatic nitrogens is 1. The summed E-state index contributed by atoms with van der Waals surface area (Å²) in [5.74, 6) is -0.191. The zero-order valence-electron chi connectivity index (χ0n) is 18.9. The molecule has 0 spiro atoms. The number of benzene rings is 3. The van der Waals surface area contributed by atoms with E-state index >= 15 is 0 Å². The Morgan fingerprint density at radius 2 is 1.74 bits per heavy atom. The Kier molecular flexibility index (Phi) is 7.07. The van der Waals surface area contributed by atoms with Crippen LogP contribution in [0.15, 0.2) is 60.7 Å². The van der Waals surface area contributed by atoms with Crippen LogP contribution in [0.3, 0.4) is 0 Å². The SMILES string of the molecule is CCn1c2ccccc2c2cc(NC(=O)CCCN(c3cc(Cl)ccc3Cl)S(C)(=O)=O)ccc21. The van der Waals surface area contributed by atoms with Gasteiger partial charge in [0.25, 0.3) is 0 Å². The number of amides is 1. The van der Waals surface area contributed by atoms with Crippen molar-refractivity contribution in [1.29, 1.82) is 0 Å². The summed E-state index contributed by atoms with van der Waals surface area (Å²) >= 11 is 12.2. The molecule has 1 N–H and O–H groups in total. The van der Waals surface area contributed by atoms with Crippen molar-refractivity contribution in [2.75, 3.05) is 22.4 Å². The van der Waals surface area contributed by atoms with E-state index in [0.29, 0.717) is 22.8 Å². The standard InChI is InChI=1S/C25H25Cl2N3O3S/c1-3-29-22-8-5-4-7-19(22)20-16-18(11-13-23(20)29)28-25(31)9-6-14-30(34(2,32)33)24-15-17(26)10-12-21(24)27/h4-5,7-8,10-13,15-16H,3,6,9,14H2,1-2H3,(H,28,31). The van der Waals surface area contributed by atoms with Crippen LogP contribution in [0.25, 0.3) is 21.8 Å². The fourth-order valence-electron chi connectivity index (χ4n) is 4.22. The molecule has 1 amide bonds. The summed E-state index contributed by atoms with van der Waals surface area (Å²) in [6.45, 7) is 3.07. The predicted molar refractivity (Wildman–Crippen MR) is 142 cm³/mol. The number of hydrogen-bond acceptors (Lipinski definition) is 3. The van der Waals surface area contributed by atoms with Crippen molar-refractivity contribution in [2.24, 2.45) is 0 Å². The topological polar surface area (TPSA) is 71.4 Å². The molecule has 0 saturated heterocycles. The van der Waals surface area contributed by atoms with Crippen LogP contribution in [0.4, 0.5) is 11.4 Å². The lowest BCUT2D eigenvalue weighted by Gasteiger charge is -2.23. The molecule has 0 bridgehead atoms. The van der Waals surface area contributed by atoms with Gasteiger partial charge in [-0.25, -0.2) is 8.42 Å². The Hall–Kier alpha value is -2.74. The average molecular weight is 518 g/mol. The van der Waals surface area contributed by atoms with Crippen LogP contribution < -0.4 is 9.62 Å². The molecule has 0 atom stereocenters. The molecular formula is C25H25Cl2N3O3S. The van der Waals surface area contributed by atoms with Gasteiger partial charge < -0.3 is 9.88 Å². The first-order chi connectivity index (χ1) is 16.2. The normalized spacial score (nSPS) is 11.8. The third-order valence-electron chi connectivity index (χ3n) is 5.71. The number of rotatable bonds is 8. The van der Waals surface area contributed by atoms with Crippen LogP contribution in [-0.2, 0) is 21.4 Å². The molecule has 1 aromatic heterocycles. The fourth-order valence-corrected chi connectivity index (χ4v) is 5.63. The van der Waals surface area contributed by atoms with Gasteiger partial charge in [-0.3, -0.25) is 9.10 Å². The first-order valence-electron chi connectivity index (χ1n) is 10.9. The Morgan fingerprint density at radius 1 is 1.00 bits per heavy atom. The summed E-state index contributed by atoms with van der Waals surface area (Å²) in [7, 11) is -3.60. The van der Waals surface area contributed by atoms with Crippen molar-refractivity contribution in [3.05, 3.63) is 70.7 Å². The summed E-state index contributed by atoms with van der Waals surface area (Å²) in [6, 6.07) is 18.7. The molecule has 0 saturated carbocycles. The Bertz CT molecular complexity index is 1480. The lowest BCUT2D eigenvalue weighted by Crippen LogP contribution is -2.31. The highest BCUT2D eigenvalue weighted by Crippen LogP contribution is 2.32. The minimum Gasteiger partial charge on any atom is -0.341 e. The van der Waals surface area contributed by atoms with Gasteiger partial charge in [-0.05, 0) is 55.8 Å². The minimum atomic E-state index is -3.60. The van der Waals surface area contributed by atoms with E-state index in [2.05, 4.69) is 28.9 Å². The zero-order chi connectivity index (χ0) is 24.5. The largest absolute Gasteiger partial charge is 0.341 e. The maximum atomic E-state index is 12.6. The lowest BCUT2D eigenvalue weighted by atomic mass is 10.1. The highest BCUT2D eigenvalue weighted by molar-refractivity contribution is 7.92. The van der Waals surface area contributed by atoms with Crippen molar-refractivity contribution in [2.45, 2.75) is 26.3 Å². The van der Waals surface area contributed by atoms with E-state index in [0.717, 1.165) is 34.6 Å². The van der Waals surface area contributed by atoms with Crippen LogP contribution in [0, 0.1) is 0 Å². The second-order valence-electron chi connectivity index (χ2n) is 8.08. The molecule has 0 fully saturated rings. The number of fused-ring (bicyclic) bond motifs is 3. The van der Waals surface area contributed by atoms with Crippen molar-refractivity contribution in [1.82, 2.24) is 4.57 Å². The highest BCUT2D eigenvalue weighted by atomic mass is 35.5. The molecule has 1 heterocycles. The Labute approximate surface area is 209 Å². The first-order valence-corrected chi connectivity index (χ1v) is 13.5. The van der Waals surface area contributed by atoms with Crippen LogP contribution in [-0.4, -0.2) is 31.7 Å². The number of nitrogens with one attached hydrogen (secondary N) is 1. The predicted octanol–water partition coefficient (Wildman–Crippen LogP) is 6.31. The monoisotopic (exact) mass is 517 g/mol. The van der Waals surface area contributed by atoms with Gasteiger partial charge in [-0.15, -0.1) is 0 Å². The number of hydrogen-bond donors (Lipinski definition) is 1. The first kappa shape index (κ1) is 24.4. The van der Waals surface area contributed by atoms with E-state index in [4.69, 9.17) is 23.2 Å². The Morgan fingerprint density at radius 3 is 2.47 bits per heavy atom. The molecule has 9 heteroatoms. The second kappa shape index (κ2) is 9.86. The number of para-hydroxylation sites is 1. The molecule has 0 aliphatic rings. The maximum Gasteiger partial charge on any atom is 0.232 e. The molecule has 4 aromatic rings. The van der Waals surface area contributed by atoms with Crippen LogP contribution >= 0.6 is 23.2 Å². The molecule has 0 radical (unpaired) electrons. The van der Waals surface area contributed by atoms with Gasteiger partial charge in [0, 0.05) is 52.0 Å². The van der Waals surface area contributed by atoms with Gasteiger partial charge in [0.2, 0.25) is 15.9 Å². The number of sulfonamides is 1. The molecule has 6 nitrogen and oxygen atoms in total. The summed E-state index contributed by atoms with van der Waals surface area (Å²) in [5.41, 5.74) is 3.28. The van der Waals surface area contributed by atoms with Crippen molar-refractivity contribution < 1.29 is 13.2 Å². The number of nitrogens with zero attached hydrogens (tertiary/aromatic N) is 2. The molecule has 0 aliphatic heterocycles. The summed E-state index contributed by atoms with van der Waals surface area (Å²) in [5, 5.41) is 5.81. The number of anilines is 2. The minimum absolute atomic E-state index is 0.106. The van der Waals surface area contributed by atoms with Gasteiger partial charge in [-0.1, -0.05) is 41.4 Å². The summed E-state index contributed by atoms with van der Waals surface area (Å²) < 4.78 is 28.1. The lowest BCUT2D eigenvalue weighted by molar-refractivity contribution is -0.116. The van der Waals surface area contributed by atoms with Gasteiger partial charge in [0.1, 0.15) is 0 Å². The van der Waals surface area contributed by atoms with Crippen molar-refractivity contribution in [3.63, 3.8) is 0 Å². The number of halogens is 2. The quantitative estimate of drug-likeness (QED) is 0.297. The molecular weight excluding hydrogens is 493 g/mol. The number of aryl methyl sites for hydroxylation is 1. The summed E-state index contributed by atoms with van der Waals surface area (Å²) in [4.78, 5) is 12.6. The summed E-state index contributed by atoms with van der Waals surface area (Å²) in [6.07, 6.45) is 1.57. The van der Waals surface area contributed by atoms with Crippen LogP contribution in [0.5, 0.6) is 0 Å². The second-order valence-corrected chi connectivity index (χ2v) is 10.8. The molecule has 3 aromatic carbocycles. The van der Waals surface area contributed by atoms with Gasteiger partial charge in [0.15, 0.2) is 0 Å². The van der Waals surface area contributed by atoms with Crippen molar-refractivity contribution in [3.8, 4) is 0 Å². The van der Waals surface area contributed by atoms with Crippen LogP contribution in [0.2, 0.25) is 10.0 Å². The average Bonchev–Trinajstić information content (AvgIpc) is 3.11. The molecule has 178 valence electrons. The molecule has 0 unspecified atom stereocenters. The number of carbonyl (C=O) groups excluding carboxylic acids is 1. The number of carbonyl (C=O) groups is 1. The van der Waals surface area contributed by atoms with Gasteiger partial charge in [-0.2, -0.15) is 0 Å².